The first-order valence-electron chi connectivity index (χ1n) is 3.11. The normalized spacial score (nSPS) is 14.6. The predicted octanol–water partition coefficient (Wildman–Crippen LogP) is 1.77. The van der Waals surface area contributed by atoms with Gasteiger partial charge in [-0.3, -0.25) is 4.79 Å². The van der Waals surface area contributed by atoms with E-state index in [4.69, 9.17) is 0 Å². The fourth-order valence-electron chi connectivity index (χ4n) is 0.828. The molecule has 0 heterocycles. The average Bonchev–Trinajstić information content (AvgIpc) is 1.88. The van der Waals surface area contributed by atoms with Crippen LogP contribution in [-0.2, 0) is 4.79 Å². The SMILES string of the molecule is CC(=O)C1=C=C=CC=C1C. The number of carbonyl (C=O) groups is 1. The average molecular weight is 132 g/mol. The van der Waals surface area contributed by atoms with Crippen LogP contribution in [0.5, 0.6) is 0 Å². The molecule has 10 heavy (non-hydrogen) atoms. The molecule has 0 bridgehead atoms. The Hall–Kier alpha value is -1.29. The number of allylic oxidation sites excluding steroid dienone is 4. The van der Waals surface area contributed by atoms with Crippen LogP contribution in [0, 0.1) is 0 Å². The second-order valence-electron chi connectivity index (χ2n) is 2.22. The number of Topliss-reactive ketones (excluding diaryl/α,β-unsaturated/α-hetero) is 1. The highest BCUT2D eigenvalue weighted by Gasteiger charge is 2.04. The molecule has 0 amide bonds. The molecule has 0 radical (unpaired) electrons. The molecule has 50 valence electrons. The summed E-state index contributed by atoms with van der Waals surface area (Å²) in [6.45, 7) is 3.42. The van der Waals surface area contributed by atoms with Gasteiger partial charge in [0.25, 0.3) is 0 Å². The summed E-state index contributed by atoms with van der Waals surface area (Å²) in [6.07, 6.45) is 3.61. The fraction of sp³-hybridized carbons (Fsp3) is 0.222. The van der Waals surface area contributed by atoms with Gasteiger partial charge in [-0.25, -0.2) is 0 Å². The van der Waals surface area contributed by atoms with Crippen LogP contribution in [0.3, 0.4) is 0 Å². The minimum atomic E-state index is 0.0503. The molecule has 0 spiro atoms. The van der Waals surface area contributed by atoms with E-state index in [0.29, 0.717) is 5.57 Å². The second kappa shape index (κ2) is 2.53. The van der Waals surface area contributed by atoms with E-state index in [9.17, 15) is 4.79 Å². The lowest BCUT2D eigenvalue weighted by molar-refractivity contribution is -0.113. The molecule has 0 saturated heterocycles. The summed E-state index contributed by atoms with van der Waals surface area (Å²) >= 11 is 0. The molecule has 0 aromatic carbocycles. The second-order valence-corrected chi connectivity index (χ2v) is 2.22. The number of carbonyl (C=O) groups excluding carboxylic acids is 1. The van der Waals surface area contributed by atoms with Crippen molar-refractivity contribution in [3.05, 3.63) is 34.8 Å². The summed E-state index contributed by atoms with van der Waals surface area (Å²) in [5, 5.41) is 0. The summed E-state index contributed by atoms with van der Waals surface area (Å²) in [5.41, 5.74) is 7.10. The molecule has 0 unspecified atom stereocenters. The summed E-state index contributed by atoms with van der Waals surface area (Å²) in [4.78, 5) is 10.8. The Morgan fingerprint density at radius 2 is 2.30 bits per heavy atom. The van der Waals surface area contributed by atoms with Crippen LogP contribution in [0.15, 0.2) is 34.8 Å². The molecule has 0 fully saturated rings. The van der Waals surface area contributed by atoms with Crippen LogP contribution in [0.4, 0.5) is 0 Å². The smallest absolute Gasteiger partial charge is 0.168 e. The van der Waals surface area contributed by atoms with Crippen molar-refractivity contribution < 1.29 is 4.79 Å². The van der Waals surface area contributed by atoms with Crippen molar-refractivity contribution in [1.82, 2.24) is 0 Å². The maximum absolute atomic E-state index is 10.8. The summed E-state index contributed by atoms with van der Waals surface area (Å²) in [7, 11) is 0. The van der Waals surface area contributed by atoms with E-state index in [-0.39, 0.29) is 5.78 Å². The lowest BCUT2D eigenvalue weighted by Crippen LogP contribution is -1.96. The van der Waals surface area contributed by atoms with Gasteiger partial charge in [-0.05, 0) is 31.6 Å². The Morgan fingerprint density at radius 3 is 2.70 bits per heavy atom. The number of hydrogen-bond acceptors (Lipinski definition) is 1. The first-order chi connectivity index (χ1) is 4.72. The van der Waals surface area contributed by atoms with Crippen LogP contribution in [0.2, 0.25) is 0 Å². The van der Waals surface area contributed by atoms with E-state index in [1.165, 1.54) is 6.92 Å². The van der Waals surface area contributed by atoms with Crippen LogP contribution in [-0.4, -0.2) is 5.78 Å². The van der Waals surface area contributed by atoms with Gasteiger partial charge in [-0.15, -0.1) is 0 Å². The molecule has 1 nitrogen and oxygen atoms in total. The first kappa shape index (κ1) is 6.82. The third-order valence-electron chi connectivity index (χ3n) is 1.36. The quantitative estimate of drug-likeness (QED) is 0.497. The monoisotopic (exact) mass is 132 g/mol. The highest BCUT2D eigenvalue weighted by molar-refractivity contribution is 5.97. The number of hydrogen-bond donors (Lipinski definition) is 0. The van der Waals surface area contributed by atoms with E-state index in [1.54, 1.807) is 6.08 Å². The van der Waals surface area contributed by atoms with Gasteiger partial charge >= 0.3 is 0 Å². The number of rotatable bonds is 1. The molecule has 0 N–H and O–H groups in total. The van der Waals surface area contributed by atoms with Gasteiger partial charge in [0.1, 0.15) is 0 Å². The van der Waals surface area contributed by atoms with Gasteiger partial charge in [-0.1, -0.05) is 11.5 Å². The van der Waals surface area contributed by atoms with Gasteiger partial charge in [0.05, 0.1) is 5.57 Å². The minimum Gasteiger partial charge on any atom is -0.294 e. The Kier molecular flexibility index (Phi) is 1.73. The van der Waals surface area contributed by atoms with E-state index < -0.39 is 0 Å². The zero-order valence-electron chi connectivity index (χ0n) is 6.06. The van der Waals surface area contributed by atoms with Crippen molar-refractivity contribution in [2.24, 2.45) is 0 Å². The van der Waals surface area contributed by atoms with Gasteiger partial charge in [0.2, 0.25) is 0 Å². The van der Waals surface area contributed by atoms with E-state index >= 15 is 0 Å². The minimum absolute atomic E-state index is 0.0503. The van der Waals surface area contributed by atoms with Crippen LogP contribution in [0.25, 0.3) is 0 Å². The zero-order chi connectivity index (χ0) is 7.56. The Balaban J connectivity index is 3.17. The van der Waals surface area contributed by atoms with Gasteiger partial charge < -0.3 is 0 Å². The summed E-state index contributed by atoms with van der Waals surface area (Å²) < 4.78 is 0. The third kappa shape index (κ3) is 1.16. The molecule has 1 rings (SSSR count). The maximum atomic E-state index is 10.8. The Morgan fingerprint density at radius 1 is 1.60 bits per heavy atom. The van der Waals surface area contributed by atoms with Crippen molar-refractivity contribution in [2.45, 2.75) is 13.8 Å². The van der Waals surface area contributed by atoms with Crippen molar-refractivity contribution in [2.75, 3.05) is 0 Å². The van der Waals surface area contributed by atoms with Gasteiger partial charge in [0.15, 0.2) is 5.78 Å². The van der Waals surface area contributed by atoms with E-state index in [1.807, 2.05) is 13.0 Å². The lowest BCUT2D eigenvalue weighted by atomic mass is 10.0. The summed E-state index contributed by atoms with van der Waals surface area (Å²) in [5.74, 6) is 0.0503. The largest absolute Gasteiger partial charge is 0.294 e. The highest BCUT2D eigenvalue weighted by atomic mass is 16.1. The molecule has 1 heteroatoms. The van der Waals surface area contributed by atoms with E-state index in [2.05, 4.69) is 11.5 Å². The fourth-order valence-corrected chi connectivity index (χ4v) is 0.828. The zero-order valence-corrected chi connectivity index (χ0v) is 6.06. The maximum Gasteiger partial charge on any atom is 0.168 e. The summed E-state index contributed by atoms with van der Waals surface area (Å²) in [6, 6.07) is 0. The van der Waals surface area contributed by atoms with Crippen molar-refractivity contribution in [3.63, 3.8) is 0 Å². The topological polar surface area (TPSA) is 17.1 Å². The van der Waals surface area contributed by atoms with Gasteiger partial charge in [0, 0.05) is 0 Å². The third-order valence-corrected chi connectivity index (χ3v) is 1.36. The molecule has 0 saturated carbocycles. The van der Waals surface area contributed by atoms with Crippen molar-refractivity contribution in [3.8, 4) is 0 Å². The lowest BCUT2D eigenvalue weighted by Gasteiger charge is -1.98. The van der Waals surface area contributed by atoms with Crippen LogP contribution in [0.1, 0.15) is 13.8 Å². The van der Waals surface area contributed by atoms with Gasteiger partial charge in [-0.2, -0.15) is 0 Å². The first-order valence-corrected chi connectivity index (χ1v) is 3.11. The molecule has 0 atom stereocenters. The van der Waals surface area contributed by atoms with Crippen LogP contribution >= 0.6 is 0 Å². The molecule has 0 aromatic heterocycles. The van der Waals surface area contributed by atoms with Crippen LogP contribution < -0.4 is 0 Å². The Bertz CT molecular complexity index is 293. The molecular formula is C9H8O. The van der Waals surface area contributed by atoms with E-state index in [0.717, 1.165) is 5.57 Å². The molecule has 1 aliphatic rings. The van der Waals surface area contributed by atoms with Crippen molar-refractivity contribution >= 4 is 5.78 Å². The highest BCUT2D eigenvalue weighted by Crippen LogP contribution is 2.10. The Labute approximate surface area is 60.1 Å². The predicted molar refractivity (Wildman–Crippen MR) is 39.5 cm³/mol. The van der Waals surface area contributed by atoms with Crippen molar-refractivity contribution in [1.29, 1.82) is 0 Å². The molecule has 1 aliphatic carbocycles. The molecule has 0 aliphatic heterocycles. The number of ketones is 1. The molecular weight excluding hydrogens is 124 g/mol. The molecule has 0 aromatic rings. The standard InChI is InChI=1S/C9H8O/c1-7-5-3-4-6-9(7)8(2)10/h3,5H,1-2H3.